The molecule has 2 aromatic carbocycles. The molecule has 0 N–H and O–H groups in total. The molecular weight excluding hydrogens is 275 g/mol. The van der Waals surface area contributed by atoms with Crippen LogP contribution >= 0.6 is 0 Å². The third kappa shape index (κ3) is 2.96. The second kappa shape index (κ2) is 5.68. The molecule has 1 fully saturated rings. The lowest BCUT2D eigenvalue weighted by Crippen LogP contribution is -2.18. The quantitative estimate of drug-likeness (QED) is 0.709. The fourth-order valence-electron chi connectivity index (χ4n) is 3.71. The molecule has 2 heteroatoms. The van der Waals surface area contributed by atoms with E-state index in [-0.39, 0.29) is 28.9 Å². The highest BCUT2D eigenvalue weighted by molar-refractivity contribution is 5.98. The van der Waals surface area contributed by atoms with E-state index in [1.165, 1.54) is 12.1 Å². The maximum absolute atomic E-state index is 13.2. The number of hydrogen-bond acceptors (Lipinski definition) is 1. The second-order valence-corrected chi connectivity index (χ2v) is 7.07. The summed E-state index contributed by atoms with van der Waals surface area (Å²) in [4.78, 5) is 12.9. The first kappa shape index (κ1) is 15.0. The molecule has 0 aromatic heterocycles. The lowest BCUT2D eigenvalue weighted by molar-refractivity contribution is 0.0905. The molecular formula is C20H21FO. The van der Waals surface area contributed by atoms with Gasteiger partial charge in [-0.3, -0.25) is 4.79 Å². The Hall–Kier alpha value is -1.96. The molecule has 1 nitrogen and oxygen atoms in total. The van der Waals surface area contributed by atoms with Gasteiger partial charge in [-0.05, 0) is 41.9 Å². The Morgan fingerprint density at radius 1 is 1.00 bits per heavy atom. The molecule has 0 spiro atoms. The van der Waals surface area contributed by atoms with Crippen molar-refractivity contribution < 1.29 is 9.18 Å². The molecule has 22 heavy (non-hydrogen) atoms. The zero-order valence-corrected chi connectivity index (χ0v) is 13.1. The molecule has 1 aliphatic rings. The fraction of sp³-hybridized carbons (Fsp3) is 0.350. The van der Waals surface area contributed by atoms with Crippen molar-refractivity contribution in [2.24, 2.45) is 11.3 Å². The number of carbonyl (C=O) groups is 1. The van der Waals surface area contributed by atoms with Gasteiger partial charge in [-0.2, -0.15) is 0 Å². The van der Waals surface area contributed by atoms with Crippen LogP contribution in [0.15, 0.2) is 54.6 Å². The summed E-state index contributed by atoms with van der Waals surface area (Å²) in [5, 5.41) is 0. The normalized spacial score (nSPS) is 23.4. The van der Waals surface area contributed by atoms with Crippen molar-refractivity contribution in [3.05, 3.63) is 71.5 Å². The van der Waals surface area contributed by atoms with Crippen molar-refractivity contribution in [1.82, 2.24) is 0 Å². The largest absolute Gasteiger partial charge is 0.294 e. The monoisotopic (exact) mass is 296 g/mol. The molecule has 0 saturated heterocycles. The number of rotatable bonds is 3. The Kier molecular flexibility index (Phi) is 3.86. The van der Waals surface area contributed by atoms with E-state index in [4.69, 9.17) is 0 Å². The number of ketones is 1. The van der Waals surface area contributed by atoms with Gasteiger partial charge in [0, 0.05) is 11.5 Å². The van der Waals surface area contributed by atoms with Gasteiger partial charge in [-0.25, -0.2) is 4.39 Å². The van der Waals surface area contributed by atoms with Crippen LogP contribution in [0.5, 0.6) is 0 Å². The smallest absolute Gasteiger partial charge is 0.166 e. The Balaban J connectivity index is 1.93. The molecule has 2 atom stereocenters. The SMILES string of the molecule is CC1(C)C[C@H](C(=O)c2ccccc2)[C@@H](c2ccc(F)cc2)C1. The summed E-state index contributed by atoms with van der Waals surface area (Å²) in [6.45, 7) is 4.42. The maximum atomic E-state index is 13.2. The Labute approximate surface area is 131 Å². The van der Waals surface area contributed by atoms with Crippen LogP contribution in [0.1, 0.15) is 48.5 Å². The minimum absolute atomic E-state index is 0.0251. The predicted molar refractivity (Wildman–Crippen MR) is 86.4 cm³/mol. The standard InChI is InChI=1S/C20H21FO/c1-20(2)12-17(14-8-10-16(21)11-9-14)18(13-20)19(22)15-6-4-3-5-7-15/h3-11,17-18H,12-13H2,1-2H3/t17-,18+/m1/s1. The minimum Gasteiger partial charge on any atom is -0.294 e. The lowest BCUT2D eigenvalue weighted by atomic mass is 9.84. The van der Waals surface area contributed by atoms with E-state index in [2.05, 4.69) is 13.8 Å². The highest BCUT2D eigenvalue weighted by Crippen LogP contribution is 2.51. The predicted octanol–water partition coefficient (Wildman–Crippen LogP) is 5.23. The minimum atomic E-state index is -0.230. The number of hydrogen-bond donors (Lipinski definition) is 0. The Morgan fingerprint density at radius 3 is 2.27 bits per heavy atom. The van der Waals surface area contributed by atoms with Gasteiger partial charge in [-0.1, -0.05) is 56.3 Å². The van der Waals surface area contributed by atoms with Gasteiger partial charge in [0.05, 0.1) is 0 Å². The van der Waals surface area contributed by atoms with E-state index in [0.29, 0.717) is 0 Å². The van der Waals surface area contributed by atoms with Crippen LogP contribution in [0, 0.1) is 17.2 Å². The summed E-state index contributed by atoms with van der Waals surface area (Å²) in [7, 11) is 0. The van der Waals surface area contributed by atoms with Gasteiger partial charge in [0.25, 0.3) is 0 Å². The Morgan fingerprint density at radius 2 is 1.64 bits per heavy atom. The summed E-state index contributed by atoms with van der Waals surface area (Å²) in [6.07, 6.45) is 1.84. The van der Waals surface area contributed by atoms with Gasteiger partial charge < -0.3 is 0 Å². The molecule has 0 unspecified atom stereocenters. The average molecular weight is 296 g/mol. The van der Waals surface area contributed by atoms with E-state index in [0.717, 1.165) is 24.0 Å². The van der Waals surface area contributed by atoms with Crippen molar-refractivity contribution in [2.45, 2.75) is 32.6 Å². The number of carbonyl (C=O) groups excluding carboxylic acids is 1. The van der Waals surface area contributed by atoms with Crippen LogP contribution in [0.3, 0.4) is 0 Å². The van der Waals surface area contributed by atoms with E-state index >= 15 is 0 Å². The van der Waals surface area contributed by atoms with E-state index < -0.39 is 0 Å². The van der Waals surface area contributed by atoms with Gasteiger partial charge in [0.1, 0.15) is 5.82 Å². The Bertz CT molecular complexity index is 658. The van der Waals surface area contributed by atoms with E-state index in [1.807, 2.05) is 42.5 Å². The van der Waals surface area contributed by atoms with Crippen molar-refractivity contribution in [3.63, 3.8) is 0 Å². The highest BCUT2D eigenvalue weighted by Gasteiger charge is 2.43. The van der Waals surface area contributed by atoms with Gasteiger partial charge >= 0.3 is 0 Å². The van der Waals surface area contributed by atoms with Crippen LogP contribution in [-0.2, 0) is 0 Å². The summed E-state index contributed by atoms with van der Waals surface area (Å²) in [6, 6.07) is 16.1. The third-order valence-corrected chi connectivity index (χ3v) is 4.72. The van der Waals surface area contributed by atoms with Crippen LogP contribution in [0.25, 0.3) is 0 Å². The first-order valence-electron chi connectivity index (χ1n) is 7.81. The highest BCUT2D eigenvalue weighted by atomic mass is 19.1. The summed E-state index contributed by atoms with van der Waals surface area (Å²) in [5.41, 5.74) is 1.98. The second-order valence-electron chi connectivity index (χ2n) is 7.07. The molecule has 0 bridgehead atoms. The van der Waals surface area contributed by atoms with Gasteiger partial charge in [-0.15, -0.1) is 0 Å². The van der Waals surface area contributed by atoms with Crippen LogP contribution in [-0.4, -0.2) is 5.78 Å². The van der Waals surface area contributed by atoms with Crippen LogP contribution in [0.2, 0.25) is 0 Å². The summed E-state index contributed by atoms with van der Waals surface area (Å²) < 4.78 is 13.2. The molecule has 114 valence electrons. The molecule has 1 aliphatic carbocycles. The van der Waals surface area contributed by atoms with Crippen LogP contribution in [0.4, 0.5) is 4.39 Å². The molecule has 3 rings (SSSR count). The summed E-state index contributed by atoms with van der Waals surface area (Å²) in [5.74, 6) is 0.124. The molecule has 2 aromatic rings. The summed E-state index contributed by atoms with van der Waals surface area (Å²) >= 11 is 0. The number of benzene rings is 2. The average Bonchev–Trinajstić information content (AvgIpc) is 2.84. The number of halogens is 1. The lowest BCUT2D eigenvalue weighted by Gasteiger charge is -2.19. The molecule has 0 heterocycles. The first-order chi connectivity index (χ1) is 10.5. The van der Waals surface area contributed by atoms with Crippen molar-refractivity contribution in [3.8, 4) is 0 Å². The third-order valence-electron chi connectivity index (χ3n) is 4.72. The van der Waals surface area contributed by atoms with Crippen molar-refractivity contribution in [1.29, 1.82) is 0 Å². The van der Waals surface area contributed by atoms with E-state index in [1.54, 1.807) is 0 Å². The zero-order valence-electron chi connectivity index (χ0n) is 13.1. The molecule has 0 amide bonds. The fourth-order valence-corrected chi connectivity index (χ4v) is 3.71. The van der Waals surface area contributed by atoms with Gasteiger partial charge in [0.2, 0.25) is 0 Å². The van der Waals surface area contributed by atoms with Gasteiger partial charge in [0.15, 0.2) is 5.78 Å². The topological polar surface area (TPSA) is 17.1 Å². The molecule has 0 aliphatic heterocycles. The zero-order chi connectivity index (χ0) is 15.7. The van der Waals surface area contributed by atoms with E-state index in [9.17, 15) is 9.18 Å². The van der Waals surface area contributed by atoms with Crippen molar-refractivity contribution in [2.75, 3.05) is 0 Å². The number of Topliss-reactive ketones (excluding diaryl/α,β-unsaturated/α-hetero) is 1. The first-order valence-corrected chi connectivity index (χ1v) is 7.81. The maximum Gasteiger partial charge on any atom is 0.166 e. The van der Waals surface area contributed by atoms with Crippen LogP contribution < -0.4 is 0 Å². The van der Waals surface area contributed by atoms with Crippen molar-refractivity contribution >= 4 is 5.78 Å². The molecule has 0 radical (unpaired) electrons. The molecule has 1 saturated carbocycles.